The summed E-state index contributed by atoms with van der Waals surface area (Å²) in [6.45, 7) is 3.51. The molecule has 3 aromatic carbocycles. The molecule has 0 aliphatic carbocycles. The first-order valence-electron chi connectivity index (χ1n) is 10.7. The second-order valence-corrected chi connectivity index (χ2v) is 8.50. The van der Waals surface area contributed by atoms with Crippen molar-refractivity contribution in [2.75, 3.05) is 40.0 Å². The van der Waals surface area contributed by atoms with Gasteiger partial charge in [-0.25, -0.2) is 5.43 Å². The molecule has 0 aromatic heterocycles. The molecule has 1 N–H and O–H groups in total. The maximum Gasteiger partial charge on any atom is 0.254 e. The number of fused-ring (bicyclic) bond motifs is 1. The van der Waals surface area contributed by atoms with Crippen LogP contribution in [0.5, 0.6) is 11.5 Å². The van der Waals surface area contributed by atoms with E-state index in [4.69, 9.17) is 14.2 Å². The van der Waals surface area contributed by atoms with Crippen LogP contribution in [0.4, 0.5) is 0 Å². The van der Waals surface area contributed by atoms with Crippen molar-refractivity contribution in [3.05, 3.63) is 70.2 Å². The molecule has 1 fully saturated rings. The molecule has 7 nitrogen and oxygen atoms in total. The summed E-state index contributed by atoms with van der Waals surface area (Å²) in [6.07, 6.45) is 1.58. The number of rotatable bonds is 8. The number of amides is 1. The normalized spacial score (nSPS) is 14.5. The van der Waals surface area contributed by atoms with Gasteiger partial charge >= 0.3 is 0 Å². The maximum absolute atomic E-state index is 12.1. The molecule has 1 aliphatic heterocycles. The van der Waals surface area contributed by atoms with Crippen molar-refractivity contribution in [1.29, 1.82) is 0 Å². The lowest BCUT2D eigenvalue weighted by Crippen LogP contribution is -2.42. The molecule has 0 unspecified atom stereocenters. The van der Waals surface area contributed by atoms with Crippen molar-refractivity contribution in [2.45, 2.75) is 6.61 Å². The lowest BCUT2D eigenvalue weighted by atomic mass is 10.1. The van der Waals surface area contributed by atoms with E-state index in [1.165, 1.54) is 5.39 Å². The molecular weight excluding hydrogens is 486 g/mol. The topological polar surface area (TPSA) is 72.4 Å². The first kappa shape index (κ1) is 23.2. The Balaban J connectivity index is 1.41. The van der Waals surface area contributed by atoms with Crippen LogP contribution in [0.3, 0.4) is 0 Å². The minimum atomic E-state index is -0.158. The van der Waals surface area contributed by atoms with Gasteiger partial charge in [0.1, 0.15) is 6.61 Å². The van der Waals surface area contributed by atoms with E-state index in [1.54, 1.807) is 13.3 Å². The molecule has 0 bridgehead atoms. The van der Waals surface area contributed by atoms with Gasteiger partial charge in [-0.05, 0) is 50.0 Å². The SMILES string of the molecule is COc1cc(/C=N\NC(=O)CN2CCOCC2)cc(Br)c1OCc1cccc2ccccc12. The summed E-state index contributed by atoms with van der Waals surface area (Å²) in [5.41, 5.74) is 4.43. The highest BCUT2D eigenvalue weighted by molar-refractivity contribution is 9.10. The van der Waals surface area contributed by atoms with Crippen LogP contribution in [0.1, 0.15) is 11.1 Å². The number of methoxy groups -OCH3 is 1. The van der Waals surface area contributed by atoms with Gasteiger partial charge in [0.05, 0.1) is 37.6 Å². The Hall–Kier alpha value is -2.94. The predicted molar refractivity (Wildman–Crippen MR) is 132 cm³/mol. The second kappa shape index (κ2) is 11.3. The highest BCUT2D eigenvalue weighted by atomic mass is 79.9. The smallest absolute Gasteiger partial charge is 0.254 e. The van der Waals surface area contributed by atoms with E-state index in [2.05, 4.69) is 50.7 Å². The molecule has 1 saturated heterocycles. The minimum absolute atomic E-state index is 0.158. The van der Waals surface area contributed by atoms with E-state index >= 15 is 0 Å². The zero-order chi connectivity index (χ0) is 23.0. The summed E-state index contributed by atoms with van der Waals surface area (Å²) >= 11 is 3.58. The first-order chi connectivity index (χ1) is 16.1. The van der Waals surface area contributed by atoms with Gasteiger partial charge in [-0.3, -0.25) is 9.69 Å². The van der Waals surface area contributed by atoms with Crippen molar-refractivity contribution in [3.8, 4) is 11.5 Å². The van der Waals surface area contributed by atoms with Crippen LogP contribution in [0.2, 0.25) is 0 Å². The summed E-state index contributed by atoms with van der Waals surface area (Å²) in [5.74, 6) is 1.03. The number of nitrogens with one attached hydrogen (secondary N) is 1. The summed E-state index contributed by atoms with van der Waals surface area (Å²) in [7, 11) is 1.59. The van der Waals surface area contributed by atoms with Crippen molar-refractivity contribution >= 4 is 38.8 Å². The Bertz CT molecular complexity index is 1140. The Kier molecular flexibility index (Phi) is 7.93. The summed E-state index contributed by atoms with van der Waals surface area (Å²) in [5, 5.41) is 6.41. The third-order valence-electron chi connectivity index (χ3n) is 5.38. The highest BCUT2D eigenvalue weighted by Crippen LogP contribution is 2.37. The molecule has 0 radical (unpaired) electrons. The van der Waals surface area contributed by atoms with Crippen LogP contribution in [0, 0.1) is 0 Å². The average molecular weight is 512 g/mol. The van der Waals surface area contributed by atoms with E-state index < -0.39 is 0 Å². The number of morpholine rings is 1. The molecule has 1 heterocycles. The van der Waals surface area contributed by atoms with Gasteiger partial charge in [0.15, 0.2) is 11.5 Å². The predicted octanol–water partition coefficient (Wildman–Crippen LogP) is 3.97. The minimum Gasteiger partial charge on any atom is -0.493 e. The quantitative estimate of drug-likeness (QED) is 0.366. The first-order valence-corrected chi connectivity index (χ1v) is 11.5. The van der Waals surface area contributed by atoms with Gasteiger partial charge in [0.2, 0.25) is 0 Å². The average Bonchev–Trinajstić information content (AvgIpc) is 2.83. The van der Waals surface area contributed by atoms with Gasteiger partial charge in [0.25, 0.3) is 5.91 Å². The molecule has 0 saturated carbocycles. The zero-order valence-corrected chi connectivity index (χ0v) is 20.0. The Morgan fingerprint density at radius 3 is 2.79 bits per heavy atom. The van der Waals surface area contributed by atoms with Crippen LogP contribution < -0.4 is 14.9 Å². The molecule has 3 aromatic rings. The molecule has 1 aliphatic rings. The van der Waals surface area contributed by atoms with Crippen molar-refractivity contribution < 1.29 is 19.0 Å². The fourth-order valence-electron chi connectivity index (χ4n) is 3.70. The van der Waals surface area contributed by atoms with Gasteiger partial charge in [-0.1, -0.05) is 42.5 Å². The number of hydrogen-bond acceptors (Lipinski definition) is 6. The lowest BCUT2D eigenvalue weighted by Gasteiger charge is -2.25. The molecular formula is C25H26BrN3O4. The van der Waals surface area contributed by atoms with Gasteiger partial charge in [-0.2, -0.15) is 5.10 Å². The van der Waals surface area contributed by atoms with Crippen molar-refractivity contribution in [2.24, 2.45) is 5.10 Å². The molecule has 0 spiro atoms. The fraction of sp³-hybridized carbons (Fsp3) is 0.280. The van der Waals surface area contributed by atoms with E-state index in [-0.39, 0.29) is 5.91 Å². The van der Waals surface area contributed by atoms with Gasteiger partial charge < -0.3 is 14.2 Å². The second-order valence-electron chi connectivity index (χ2n) is 7.64. The standard InChI is InChI=1S/C25H26BrN3O4/c1-31-23-14-18(15-27-28-24(30)16-29-9-11-32-12-10-29)13-22(26)25(23)33-17-20-7-4-6-19-5-2-3-8-21(19)20/h2-8,13-15H,9-12,16-17H2,1H3,(H,28,30)/b27-15-. The van der Waals surface area contributed by atoms with E-state index in [0.717, 1.165) is 34.1 Å². The monoisotopic (exact) mass is 511 g/mol. The maximum atomic E-state index is 12.1. The number of carbonyl (C=O) groups is 1. The number of nitrogens with zero attached hydrogens (tertiary/aromatic N) is 2. The van der Waals surface area contributed by atoms with Crippen molar-refractivity contribution in [1.82, 2.24) is 10.3 Å². The van der Waals surface area contributed by atoms with Gasteiger partial charge in [0, 0.05) is 13.1 Å². The lowest BCUT2D eigenvalue weighted by molar-refractivity contribution is -0.123. The summed E-state index contributed by atoms with van der Waals surface area (Å²) in [4.78, 5) is 14.1. The van der Waals surface area contributed by atoms with Crippen molar-refractivity contribution in [3.63, 3.8) is 0 Å². The number of hydrogen-bond donors (Lipinski definition) is 1. The molecule has 1 amide bonds. The van der Waals surface area contributed by atoms with Crippen LogP contribution in [0.25, 0.3) is 10.8 Å². The fourth-order valence-corrected chi connectivity index (χ4v) is 4.27. The zero-order valence-electron chi connectivity index (χ0n) is 18.4. The number of ether oxygens (including phenoxy) is 3. The van der Waals surface area contributed by atoms with Crippen LogP contribution in [-0.4, -0.2) is 57.0 Å². The molecule has 33 heavy (non-hydrogen) atoms. The molecule has 8 heteroatoms. The van der Waals surface area contributed by atoms with Crippen LogP contribution >= 0.6 is 15.9 Å². The highest BCUT2D eigenvalue weighted by Gasteiger charge is 2.14. The molecule has 0 atom stereocenters. The summed E-state index contributed by atoms with van der Waals surface area (Å²) < 4.78 is 17.7. The third-order valence-corrected chi connectivity index (χ3v) is 5.97. The number of halogens is 1. The number of hydrazone groups is 1. The van der Waals surface area contributed by atoms with Gasteiger partial charge in [-0.15, -0.1) is 0 Å². The number of benzene rings is 3. The van der Waals surface area contributed by atoms with E-state index in [9.17, 15) is 4.79 Å². The number of carbonyl (C=O) groups excluding carboxylic acids is 1. The molecule has 4 rings (SSSR count). The van der Waals surface area contributed by atoms with Crippen LogP contribution in [0.15, 0.2) is 64.2 Å². The van der Waals surface area contributed by atoms with Crippen LogP contribution in [-0.2, 0) is 16.1 Å². The van der Waals surface area contributed by atoms with E-state index in [0.29, 0.717) is 37.9 Å². The Morgan fingerprint density at radius 2 is 1.97 bits per heavy atom. The van der Waals surface area contributed by atoms with E-state index in [1.807, 2.05) is 35.2 Å². The Labute approximate surface area is 201 Å². The molecule has 172 valence electrons. The third kappa shape index (κ3) is 6.10. The largest absolute Gasteiger partial charge is 0.493 e. The Morgan fingerprint density at radius 1 is 1.18 bits per heavy atom. The summed E-state index contributed by atoms with van der Waals surface area (Å²) in [6, 6.07) is 18.1.